The van der Waals surface area contributed by atoms with Gasteiger partial charge in [-0.1, -0.05) is 38.2 Å². The smallest absolute Gasteiger partial charge is 0.250 e. The monoisotopic (exact) mass is 370 g/mol. The third kappa shape index (κ3) is 5.23. The Labute approximate surface area is 154 Å². The molecule has 0 radical (unpaired) electrons. The van der Waals surface area contributed by atoms with Crippen molar-refractivity contribution < 1.29 is 19.4 Å². The van der Waals surface area contributed by atoms with Gasteiger partial charge in [0.15, 0.2) is 11.5 Å². The normalized spacial score (nSPS) is 19.0. The van der Waals surface area contributed by atoms with Crippen LogP contribution in [0.2, 0.25) is 0 Å². The van der Waals surface area contributed by atoms with Crippen LogP contribution in [0.15, 0.2) is 18.2 Å². The van der Waals surface area contributed by atoms with Crippen molar-refractivity contribution in [3.05, 3.63) is 23.8 Å². The van der Waals surface area contributed by atoms with Crippen molar-refractivity contribution in [2.75, 3.05) is 6.79 Å². The number of benzene rings is 1. The van der Waals surface area contributed by atoms with Gasteiger partial charge in [0.25, 0.3) is 5.91 Å². The minimum absolute atomic E-state index is 0. The maximum Gasteiger partial charge on any atom is 0.250 e. The van der Waals surface area contributed by atoms with Gasteiger partial charge in [0.05, 0.1) is 0 Å². The minimum Gasteiger partial charge on any atom is -0.454 e. The second-order valence-electron chi connectivity index (χ2n) is 6.75. The van der Waals surface area contributed by atoms with E-state index in [1.807, 2.05) is 18.2 Å². The molecule has 1 saturated carbocycles. The molecule has 0 saturated heterocycles. The van der Waals surface area contributed by atoms with E-state index in [9.17, 15) is 9.90 Å². The van der Waals surface area contributed by atoms with E-state index < -0.39 is 18.1 Å². The molecule has 0 aromatic heterocycles. The molecule has 2 aliphatic rings. The van der Waals surface area contributed by atoms with Crippen LogP contribution in [-0.4, -0.2) is 30.0 Å². The number of carbonyl (C=O) groups is 1. The highest BCUT2D eigenvalue weighted by Crippen LogP contribution is 2.32. The van der Waals surface area contributed by atoms with E-state index in [-0.39, 0.29) is 19.2 Å². The highest BCUT2D eigenvalue weighted by atomic mass is 35.5. The lowest BCUT2D eigenvalue weighted by Gasteiger charge is -2.26. The van der Waals surface area contributed by atoms with Crippen LogP contribution in [0.5, 0.6) is 11.5 Å². The number of fused-ring (bicyclic) bond motifs is 1. The lowest BCUT2D eigenvalue weighted by molar-refractivity contribution is -0.130. The zero-order valence-electron chi connectivity index (χ0n) is 14.3. The molecule has 0 bridgehead atoms. The van der Waals surface area contributed by atoms with Crippen LogP contribution in [0.25, 0.3) is 0 Å². The van der Waals surface area contributed by atoms with E-state index in [4.69, 9.17) is 15.2 Å². The number of amides is 1. The molecule has 1 amide bonds. The van der Waals surface area contributed by atoms with Crippen molar-refractivity contribution in [3.8, 4) is 11.5 Å². The number of nitrogens with one attached hydrogen (secondary N) is 1. The summed E-state index contributed by atoms with van der Waals surface area (Å²) in [5.41, 5.74) is 6.93. The first-order valence-electron chi connectivity index (χ1n) is 8.73. The number of hydrogen-bond acceptors (Lipinski definition) is 5. The topological polar surface area (TPSA) is 93.8 Å². The average molecular weight is 371 g/mol. The second-order valence-corrected chi connectivity index (χ2v) is 6.75. The van der Waals surface area contributed by atoms with E-state index in [2.05, 4.69) is 5.32 Å². The fraction of sp³-hybridized carbons (Fsp3) is 0.611. The summed E-state index contributed by atoms with van der Waals surface area (Å²) in [6.07, 6.45) is 5.58. The summed E-state index contributed by atoms with van der Waals surface area (Å²) in [7, 11) is 0. The second kappa shape index (κ2) is 9.27. The molecule has 140 valence electrons. The third-order valence-electron chi connectivity index (χ3n) is 4.91. The number of hydrogen-bond donors (Lipinski definition) is 3. The number of halogens is 1. The van der Waals surface area contributed by atoms with E-state index in [1.54, 1.807) is 0 Å². The molecular formula is C18H27ClN2O4. The molecule has 25 heavy (non-hydrogen) atoms. The molecule has 1 heterocycles. The zero-order valence-corrected chi connectivity index (χ0v) is 15.1. The van der Waals surface area contributed by atoms with Gasteiger partial charge in [0.2, 0.25) is 6.79 Å². The van der Waals surface area contributed by atoms with Crippen LogP contribution in [0, 0.1) is 5.92 Å². The van der Waals surface area contributed by atoms with Crippen LogP contribution >= 0.6 is 12.4 Å². The van der Waals surface area contributed by atoms with E-state index in [1.165, 1.54) is 19.3 Å². The summed E-state index contributed by atoms with van der Waals surface area (Å²) < 4.78 is 10.6. The summed E-state index contributed by atoms with van der Waals surface area (Å²) in [5.74, 6) is 1.50. The van der Waals surface area contributed by atoms with Gasteiger partial charge >= 0.3 is 0 Å². The molecule has 3 rings (SSSR count). The van der Waals surface area contributed by atoms with Crippen molar-refractivity contribution in [1.82, 2.24) is 5.32 Å². The Morgan fingerprint density at radius 1 is 1.24 bits per heavy atom. The first kappa shape index (κ1) is 19.8. The lowest BCUT2D eigenvalue weighted by atomic mass is 9.84. The SMILES string of the molecule is Cl.N[C@H](CC1CCCCC1)C(O)C(=O)NCc1ccc2c(c1)OCO2. The number of nitrogens with two attached hydrogens (primary N) is 1. The van der Waals surface area contributed by atoms with Gasteiger partial charge in [-0.05, 0) is 30.0 Å². The maximum absolute atomic E-state index is 12.1. The Balaban J connectivity index is 0.00000225. The predicted molar refractivity (Wildman–Crippen MR) is 96.8 cm³/mol. The van der Waals surface area contributed by atoms with Crippen LogP contribution in [0.3, 0.4) is 0 Å². The third-order valence-corrected chi connectivity index (χ3v) is 4.91. The van der Waals surface area contributed by atoms with Crippen molar-refractivity contribution in [3.63, 3.8) is 0 Å². The number of rotatable bonds is 6. The molecule has 0 spiro atoms. The molecule has 1 aliphatic heterocycles. The van der Waals surface area contributed by atoms with Crippen LogP contribution < -0.4 is 20.5 Å². The van der Waals surface area contributed by atoms with E-state index in [0.717, 1.165) is 18.4 Å². The van der Waals surface area contributed by atoms with Gasteiger partial charge in [0.1, 0.15) is 6.10 Å². The fourth-order valence-corrected chi connectivity index (χ4v) is 3.48. The molecule has 7 heteroatoms. The first-order valence-corrected chi connectivity index (χ1v) is 8.73. The van der Waals surface area contributed by atoms with Gasteiger partial charge in [-0.25, -0.2) is 0 Å². The summed E-state index contributed by atoms with van der Waals surface area (Å²) in [4.78, 5) is 12.1. The zero-order chi connectivity index (χ0) is 16.9. The summed E-state index contributed by atoms with van der Waals surface area (Å²) in [5, 5.41) is 12.9. The molecule has 2 atom stereocenters. The minimum atomic E-state index is -1.17. The van der Waals surface area contributed by atoms with Gasteiger partial charge in [-0.15, -0.1) is 12.4 Å². The Bertz CT molecular complexity index is 578. The van der Waals surface area contributed by atoms with Gasteiger partial charge in [-0.3, -0.25) is 4.79 Å². The Morgan fingerprint density at radius 2 is 1.96 bits per heavy atom. The summed E-state index contributed by atoms with van der Waals surface area (Å²) >= 11 is 0. The molecule has 4 N–H and O–H groups in total. The molecule has 1 aromatic carbocycles. The fourth-order valence-electron chi connectivity index (χ4n) is 3.48. The lowest BCUT2D eigenvalue weighted by Crippen LogP contribution is -2.47. The van der Waals surface area contributed by atoms with Crippen LogP contribution in [0.4, 0.5) is 0 Å². The Hall–Kier alpha value is -1.50. The Kier molecular flexibility index (Phi) is 7.35. The van der Waals surface area contributed by atoms with Crippen LogP contribution in [0.1, 0.15) is 44.1 Å². The largest absolute Gasteiger partial charge is 0.454 e. The van der Waals surface area contributed by atoms with Crippen LogP contribution in [-0.2, 0) is 11.3 Å². The highest BCUT2D eigenvalue weighted by Gasteiger charge is 2.26. The Morgan fingerprint density at radius 3 is 2.72 bits per heavy atom. The van der Waals surface area contributed by atoms with Gasteiger partial charge < -0.3 is 25.6 Å². The maximum atomic E-state index is 12.1. The predicted octanol–water partition coefficient (Wildman–Crippen LogP) is 2.11. The standard InChI is InChI=1S/C18H26N2O4.ClH/c19-14(8-12-4-2-1-3-5-12)17(21)18(22)20-10-13-6-7-15-16(9-13)24-11-23-15;/h6-7,9,12,14,17,21H,1-5,8,10-11,19H2,(H,20,22);1H/t14-,17?;/m1./s1. The number of ether oxygens (including phenoxy) is 2. The van der Waals surface area contributed by atoms with Crippen molar-refractivity contribution in [1.29, 1.82) is 0 Å². The van der Waals surface area contributed by atoms with Crippen molar-refractivity contribution in [2.24, 2.45) is 11.7 Å². The quantitative estimate of drug-likeness (QED) is 0.713. The van der Waals surface area contributed by atoms with Crippen molar-refractivity contribution >= 4 is 18.3 Å². The molecule has 1 aromatic rings. The van der Waals surface area contributed by atoms with E-state index >= 15 is 0 Å². The van der Waals surface area contributed by atoms with Gasteiger partial charge in [-0.2, -0.15) is 0 Å². The molecular weight excluding hydrogens is 344 g/mol. The summed E-state index contributed by atoms with van der Waals surface area (Å²) in [6.45, 7) is 0.544. The molecule has 1 aliphatic carbocycles. The summed E-state index contributed by atoms with van der Waals surface area (Å²) in [6, 6.07) is 5.00. The highest BCUT2D eigenvalue weighted by molar-refractivity contribution is 5.85. The number of aliphatic hydroxyl groups is 1. The van der Waals surface area contributed by atoms with E-state index in [0.29, 0.717) is 30.4 Å². The van der Waals surface area contributed by atoms with Crippen molar-refractivity contribution in [2.45, 2.75) is 57.2 Å². The number of carbonyl (C=O) groups excluding carboxylic acids is 1. The molecule has 1 fully saturated rings. The number of aliphatic hydroxyl groups excluding tert-OH is 1. The average Bonchev–Trinajstić information content (AvgIpc) is 3.07. The first-order chi connectivity index (χ1) is 11.6. The van der Waals surface area contributed by atoms with Gasteiger partial charge in [0, 0.05) is 12.6 Å². The molecule has 6 nitrogen and oxygen atoms in total. The molecule has 1 unspecified atom stereocenters.